The first-order valence-electron chi connectivity index (χ1n) is 10.8. The van der Waals surface area contributed by atoms with Gasteiger partial charge in [0, 0.05) is 32.1 Å². The van der Waals surface area contributed by atoms with Gasteiger partial charge in [0.1, 0.15) is 11.6 Å². The molecule has 0 unspecified atom stereocenters. The highest BCUT2D eigenvalue weighted by molar-refractivity contribution is 5.88. The van der Waals surface area contributed by atoms with Crippen molar-refractivity contribution in [3.63, 3.8) is 0 Å². The zero-order valence-electron chi connectivity index (χ0n) is 17.9. The number of anilines is 1. The number of hydrogen-bond acceptors (Lipinski definition) is 5. The maximum atomic E-state index is 12.5. The summed E-state index contributed by atoms with van der Waals surface area (Å²) < 4.78 is 1.92. The Morgan fingerprint density at radius 3 is 2.63 bits per heavy atom. The van der Waals surface area contributed by atoms with Crippen molar-refractivity contribution in [2.75, 3.05) is 31.1 Å². The first kappa shape index (κ1) is 19.0. The van der Waals surface area contributed by atoms with E-state index < -0.39 is 0 Å². The first-order valence-corrected chi connectivity index (χ1v) is 10.8. The Morgan fingerprint density at radius 2 is 1.87 bits per heavy atom. The van der Waals surface area contributed by atoms with E-state index in [1.54, 1.807) is 0 Å². The van der Waals surface area contributed by atoms with Crippen LogP contribution in [0.25, 0.3) is 16.7 Å². The second kappa shape index (κ2) is 7.38. The average molecular weight is 405 g/mol. The molecular weight excluding hydrogens is 376 g/mol. The molecule has 2 fully saturated rings. The van der Waals surface area contributed by atoms with Gasteiger partial charge in [0.15, 0.2) is 5.65 Å². The topological polar surface area (TPSA) is 67.2 Å². The minimum atomic E-state index is 0.278. The third-order valence-electron chi connectivity index (χ3n) is 6.13. The van der Waals surface area contributed by atoms with Gasteiger partial charge in [-0.2, -0.15) is 5.10 Å². The third kappa shape index (κ3) is 3.42. The summed E-state index contributed by atoms with van der Waals surface area (Å²) in [6.45, 7) is 9.40. The Bertz CT molecular complexity index is 1120. The maximum Gasteiger partial charge on any atom is 0.225 e. The number of aryl methyl sites for hydroxylation is 3. The van der Waals surface area contributed by atoms with Gasteiger partial charge in [0.05, 0.1) is 17.3 Å². The Kier molecular flexibility index (Phi) is 4.68. The Labute approximate surface area is 176 Å². The molecule has 156 valence electrons. The molecule has 1 saturated heterocycles. The molecule has 0 radical (unpaired) electrons. The van der Waals surface area contributed by atoms with Crippen LogP contribution in [-0.2, 0) is 4.79 Å². The first-order chi connectivity index (χ1) is 14.5. The van der Waals surface area contributed by atoms with Crippen LogP contribution in [0.15, 0.2) is 24.4 Å². The second-order valence-corrected chi connectivity index (χ2v) is 8.62. The summed E-state index contributed by atoms with van der Waals surface area (Å²) in [5.74, 6) is 2.28. The number of hydrogen-bond donors (Lipinski definition) is 0. The minimum absolute atomic E-state index is 0.278. The monoisotopic (exact) mass is 404 g/mol. The lowest BCUT2D eigenvalue weighted by Crippen LogP contribution is -2.36. The maximum absolute atomic E-state index is 12.5. The number of rotatable bonds is 3. The molecular formula is C23H28N6O. The van der Waals surface area contributed by atoms with Crippen LogP contribution in [0, 0.1) is 26.7 Å². The molecule has 1 aromatic carbocycles. The summed E-state index contributed by atoms with van der Waals surface area (Å²) in [4.78, 5) is 26.4. The van der Waals surface area contributed by atoms with Gasteiger partial charge in [-0.05, 0) is 51.7 Å². The second-order valence-electron chi connectivity index (χ2n) is 8.62. The molecule has 30 heavy (non-hydrogen) atoms. The van der Waals surface area contributed by atoms with E-state index in [9.17, 15) is 4.79 Å². The van der Waals surface area contributed by atoms with Crippen molar-refractivity contribution in [3.8, 4) is 5.69 Å². The van der Waals surface area contributed by atoms with E-state index in [0.717, 1.165) is 73.8 Å². The fourth-order valence-electron chi connectivity index (χ4n) is 4.40. The van der Waals surface area contributed by atoms with E-state index in [2.05, 4.69) is 42.0 Å². The van der Waals surface area contributed by atoms with Crippen LogP contribution in [0.5, 0.6) is 0 Å². The summed E-state index contributed by atoms with van der Waals surface area (Å²) in [7, 11) is 0. The van der Waals surface area contributed by atoms with Gasteiger partial charge < -0.3 is 9.80 Å². The molecule has 0 spiro atoms. The fraction of sp³-hybridized carbons (Fsp3) is 0.478. The van der Waals surface area contributed by atoms with Gasteiger partial charge >= 0.3 is 0 Å². The van der Waals surface area contributed by atoms with E-state index in [4.69, 9.17) is 9.97 Å². The van der Waals surface area contributed by atoms with Crippen molar-refractivity contribution in [2.24, 2.45) is 5.92 Å². The quantitative estimate of drug-likeness (QED) is 0.671. The molecule has 5 rings (SSSR count). The molecule has 1 aliphatic carbocycles. The molecule has 0 N–H and O–H groups in total. The van der Waals surface area contributed by atoms with Crippen molar-refractivity contribution in [1.82, 2.24) is 24.6 Å². The average Bonchev–Trinajstić information content (AvgIpc) is 3.52. The van der Waals surface area contributed by atoms with E-state index in [-0.39, 0.29) is 5.92 Å². The number of nitrogens with zero attached hydrogens (tertiary/aromatic N) is 6. The molecule has 0 bridgehead atoms. The number of benzene rings is 1. The molecule has 7 nitrogen and oxygen atoms in total. The molecule has 3 heterocycles. The van der Waals surface area contributed by atoms with Crippen molar-refractivity contribution in [3.05, 3.63) is 41.3 Å². The highest BCUT2D eigenvalue weighted by Crippen LogP contribution is 2.32. The molecule has 2 aromatic heterocycles. The predicted molar refractivity (Wildman–Crippen MR) is 117 cm³/mol. The van der Waals surface area contributed by atoms with Gasteiger partial charge in [0.2, 0.25) is 5.91 Å². The highest BCUT2D eigenvalue weighted by Gasteiger charge is 2.34. The summed E-state index contributed by atoms with van der Waals surface area (Å²) in [5.41, 5.74) is 4.27. The molecule has 1 aliphatic heterocycles. The van der Waals surface area contributed by atoms with Crippen LogP contribution in [0.3, 0.4) is 0 Å². The van der Waals surface area contributed by atoms with Crippen LogP contribution in [0.1, 0.15) is 36.2 Å². The third-order valence-corrected chi connectivity index (χ3v) is 6.13. The van der Waals surface area contributed by atoms with E-state index >= 15 is 0 Å². The van der Waals surface area contributed by atoms with Crippen LogP contribution >= 0.6 is 0 Å². The van der Waals surface area contributed by atoms with Gasteiger partial charge in [-0.15, -0.1) is 0 Å². The largest absolute Gasteiger partial charge is 0.354 e. The molecule has 1 amide bonds. The number of aromatic nitrogens is 4. The van der Waals surface area contributed by atoms with Gasteiger partial charge in [-0.1, -0.05) is 17.7 Å². The molecule has 2 aliphatic rings. The predicted octanol–water partition coefficient (Wildman–Crippen LogP) is 3.19. The lowest BCUT2D eigenvalue weighted by molar-refractivity contribution is -0.132. The van der Waals surface area contributed by atoms with Gasteiger partial charge in [0.25, 0.3) is 0 Å². The smallest absolute Gasteiger partial charge is 0.225 e. The van der Waals surface area contributed by atoms with Crippen molar-refractivity contribution < 1.29 is 4.79 Å². The molecule has 3 aromatic rings. The highest BCUT2D eigenvalue weighted by atomic mass is 16.2. The van der Waals surface area contributed by atoms with E-state index in [1.165, 1.54) is 11.1 Å². The number of carbonyl (C=O) groups is 1. The zero-order valence-corrected chi connectivity index (χ0v) is 17.9. The Morgan fingerprint density at radius 1 is 1.03 bits per heavy atom. The Balaban J connectivity index is 1.49. The SMILES string of the molecule is Cc1ccc(-n2ncc3c(N4CCCN(C(=O)C5CC5)CC4)nc(C)nc32)c(C)c1. The molecule has 1 saturated carbocycles. The van der Waals surface area contributed by atoms with Crippen molar-refractivity contribution in [1.29, 1.82) is 0 Å². The van der Waals surface area contributed by atoms with E-state index in [0.29, 0.717) is 5.91 Å². The van der Waals surface area contributed by atoms with E-state index in [1.807, 2.05) is 22.7 Å². The van der Waals surface area contributed by atoms with Crippen LogP contribution < -0.4 is 4.90 Å². The lowest BCUT2D eigenvalue weighted by Gasteiger charge is -2.23. The van der Waals surface area contributed by atoms with Crippen LogP contribution in [0.2, 0.25) is 0 Å². The summed E-state index contributed by atoms with van der Waals surface area (Å²) in [5, 5.41) is 5.63. The number of carbonyl (C=O) groups excluding carboxylic acids is 1. The van der Waals surface area contributed by atoms with Crippen LogP contribution in [0.4, 0.5) is 5.82 Å². The van der Waals surface area contributed by atoms with Crippen molar-refractivity contribution >= 4 is 22.8 Å². The van der Waals surface area contributed by atoms with Crippen molar-refractivity contribution in [2.45, 2.75) is 40.0 Å². The zero-order chi connectivity index (χ0) is 20.8. The number of fused-ring (bicyclic) bond motifs is 1. The molecule has 7 heteroatoms. The standard InChI is InChI=1S/C23H28N6O/c1-15-5-8-20(16(2)13-15)29-22-19(14-24-29)21(25-17(3)26-22)27-9-4-10-28(12-11-27)23(30)18-6-7-18/h5,8,13-14,18H,4,6-7,9-12H2,1-3H3. The normalized spacial score (nSPS) is 17.4. The summed E-state index contributed by atoms with van der Waals surface area (Å²) in [6.07, 6.45) is 4.94. The fourth-order valence-corrected chi connectivity index (χ4v) is 4.40. The summed E-state index contributed by atoms with van der Waals surface area (Å²) >= 11 is 0. The molecule has 0 atom stereocenters. The van der Waals surface area contributed by atoms with Gasteiger partial charge in [-0.25, -0.2) is 14.6 Å². The summed E-state index contributed by atoms with van der Waals surface area (Å²) in [6, 6.07) is 6.37. The van der Waals surface area contributed by atoms with Crippen LogP contribution in [-0.4, -0.2) is 56.7 Å². The minimum Gasteiger partial charge on any atom is -0.354 e. The lowest BCUT2D eigenvalue weighted by atomic mass is 10.1. The number of amides is 1. The van der Waals surface area contributed by atoms with Gasteiger partial charge in [-0.3, -0.25) is 4.79 Å². The Hall–Kier alpha value is -2.96.